The molecule has 1 N–H and O–H groups in total. The number of hydrogen-bond acceptors (Lipinski definition) is 4. The summed E-state index contributed by atoms with van der Waals surface area (Å²) in [6, 6.07) is 0.620. The third kappa shape index (κ3) is 2.70. The minimum absolute atomic E-state index is 0.244. The highest BCUT2D eigenvalue weighted by Crippen LogP contribution is 2.45. The molecular formula is C19H30N4O2. The molecule has 2 aliphatic heterocycles. The quantitative estimate of drug-likeness (QED) is 0.901. The highest BCUT2D eigenvalue weighted by atomic mass is 16.4. The Hall–Kier alpha value is -1.40. The maximum absolute atomic E-state index is 12.2. The molecule has 138 valence electrons. The van der Waals surface area contributed by atoms with Crippen molar-refractivity contribution in [3.63, 3.8) is 0 Å². The lowest BCUT2D eigenvalue weighted by molar-refractivity contribution is -0.149. The van der Waals surface area contributed by atoms with Gasteiger partial charge in [0.05, 0.1) is 17.7 Å². The fraction of sp³-hybridized carbons (Fsp3) is 0.789. The molecule has 2 saturated heterocycles. The predicted octanol–water partition coefficient (Wildman–Crippen LogP) is 1.80. The molecule has 25 heavy (non-hydrogen) atoms. The van der Waals surface area contributed by atoms with Crippen LogP contribution in [0.3, 0.4) is 0 Å². The summed E-state index contributed by atoms with van der Waals surface area (Å²) in [4.78, 5) is 21.7. The Balaban J connectivity index is 1.49. The van der Waals surface area contributed by atoms with E-state index in [0.717, 1.165) is 37.7 Å². The first-order valence-corrected chi connectivity index (χ1v) is 9.59. The maximum Gasteiger partial charge on any atom is 0.312 e. The number of carbonyl (C=O) groups is 1. The first-order valence-electron chi connectivity index (χ1n) is 9.59. The molecule has 1 aliphatic carbocycles. The number of aryl methyl sites for hydroxylation is 1. The van der Waals surface area contributed by atoms with Gasteiger partial charge < -0.3 is 9.67 Å². The van der Waals surface area contributed by atoms with Crippen LogP contribution < -0.4 is 0 Å². The van der Waals surface area contributed by atoms with Gasteiger partial charge in [0.1, 0.15) is 5.82 Å². The lowest BCUT2D eigenvalue weighted by atomic mass is 9.81. The molecule has 2 atom stereocenters. The molecule has 0 amide bonds. The number of likely N-dealkylation sites (tertiary alicyclic amines) is 2. The van der Waals surface area contributed by atoms with Crippen molar-refractivity contribution in [3.8, 4) is 0 Å². The van der Waals surface area contributed by atoms with E-state index in [2.05, 4.69) is 33.3 Å². The number of rotatable bonds is 4. The zero-order chi connectivity index (χ0) is 17.8. The molecule has 0 unspecified atom stereocenters. The van der Waals surface area contributed by atoms with Crippen LogP contribution in [0.2, 0.25) is 0 Å². The van der Waals surface area contributed by atoms with Crippen molar-refractivity contribution in [1.82, 2.24) is 19.4 Å². The highest BCUT2D eigenvalue weighted by Gasteiger charge is 2.58. The number of aliphatic carboxylic acids is 1. The number of nitrogens with zero attached hydrogens (tertiary/aromatic N) is 4. The minimum Gasteiger partial charge on any atom is -0.481 e. The Morgan fingerprint density at radius 2 is 1.96 bits per heavy atom. The molecule has 0 radical (unpaired) electrons. The molecular weight excluding hydrogens is 316 g/mol. The van der Waals surface area contributed by atoms with Gasteiger partial charge in [-0.05, 0) is 26.7 Å². The Bertz CT molecular complexity index is 679. The van der Waals surface area contributed by atoms with Crippen molar-refractivity contribution in [2.75, 3.05) is 26.2 Å². The van der Waals surface area contributed by atoms with Crippen LogP contribution in [0.25, 0.3) is 0 Å². The van der Waals surface area contributed by atoms with Gasteiger partial charge in [0, 0.05) is 50.9 Å². The van der Waals surface area contributed by atoms with Crippen LogP contribution >= 0.6 is 0 Å². The van der Waals surface area contributed by atoms with E-state index in [1.165, 1.54) is 31.4 Å². The fourth-order valence-corrected chi connectivity index (χ4v) is 5.31. The SMILES string of the molecule is Cc1nc(CN2C[C@@H]3CN(C4CCCC4)C[C@]3(C(=O)O)C2)n(C)c1C. The summed E-state index contributed by atoms with van der Waals surface area (Å²) in [5.74, 6) is 0.684. The van der Waals surface area contributed by atoms with E-state index in [1.54, 1.807) is 0 Å². The number of hydrogen-bond donors (Lipinski definition) is 1. The van der Waals surface area contributed by atoms with Crippen LogP contribution in [0.4, 0.5) is 0 Å². The van der Waals surface area contributed by atoms with Crippen LogP contribution in [-0.4, -0.2) is 62.6 Å². The van der Waals surface area contributed by atoms with E-state index in [0.29, 0.717) is 12.6 Å². The van der Waals surface area contributed by atoms with E-state index in [4.69, 9.17) is 0 Å². The van der Waals surface area contributed by atoms with Gasteiger partial charge in [-0.1, -0.05) is 12.8 Å². The van der Waals surface area contributed by atoms with Gasteiger partial charge in [-0.3, -0.25) is 14.6 Å². The molecule has 1 saturated carbocycles. The average molecular weight is 346 g/mol. The number of carboxylic acids is 1. The zero-order valence-electron chi connectivity index (χ0n) is 15.7. The Morgan fingerprint density at radius 3 is 2.52 bits per heavy atom. The third-order valence-corrected chi connectivity index (χ3v) is 7.05. The van der Waals surface area contributed by atoms with Crippen LogP contribution in [0, 0.1) is 25.2 Å². The van der Waals surface area contributed by atoms with Gasteiger partial charge in [0.2, 0.25) is 0 Å². The van der Waals surface area contributed by atoms with Crippen molar-refractivity contribution in [2.45, 2.75) is 52.1 Å². The van der Waals surface area contributed by atoms with Gasteiger partial charge in [0.15, 0.2) is 0 Å². The Kier molecular flexibility index (Phi) is 4.15. The summed E-state index contributed by atoms with van der Waals surface area (Å²) in [5.41, 5.74) is 1.67. The molecule has 1 aromatic heterocycles. The third-order valence-electron chi connectivity index (χ3n) is 7.05. The Labute approximate surface area is 149 Å². The second-order valence-electron chi connectivity index (χ2n) is 8.45. The summed E-state index contributed by atoms with van der Waals surface area (Å²) in [6.07, 6.45) is 5.10. The molecule has 3 aliphatic rings. The van der Waals surface area contributed by atoms with Crippen molar-refractivity contribution in [2.24, 2.45) is 18.4 Å². The number of carboxylic acid groups (broad SMARTS) is 1. The predicted molar refractivity (Wildman–Crippen MR) is 95.3 cm³/mol. The standard InChI is InChI=1S/C19H30N4O2/c1-13-14(2)21(3)17(20-13)10-22-8-15-9-23(16-6-4-5-7-16)12-19(15,11-22)18(24)25/h15-16H,4-12H2,1-3H3,(H,24,25)/t15-,19-/m1/s1. The second-order valence-corrected chi connectivity index (χ2v) is 8.45. The van der Waals surface area contributed by atoms with Crippen LogP contribution in [0.1, 0.15) is 42.9 Å². The van der Waals surface area contributed by atoms with Gasteiger partial charge >= 0.3 is 5.97 Å². The summed E-state index contributed by atoms with van der Waals surface area (Å²) < 4.78 is 2.14. The minimum atomic E-state index is -0.604. The molecule has 4 rings (SSSR count). The van der Waals surface area contributed by atoms with Crippen molar-refractivity contribution in [3.05, 3.63) is 17.2 Å². The summed E-state index contributed by atoms with van der Waals surface area (Å²) in [6.45, 7) is 8.08. The smallest absolute Gasteiger partial charge is 0.312 e. The second kappa shape index (κ2) is 6.09. The van der Waals surface area contributed by atoms with Crippen molar-refractivity contribution >= 4 is 5.97 Å². The topological polar surface area (TPSA) is 61.6 Å². The molecule has 6 nitrogen and oxygen atoms in total. The number of fused-ring (bicyclic) bond motifs is 1. The highest BCUT2D eigenvalue weighted by molar-refractivity contribution is 5.77. The summed E-state index contributed by atoms with van der Waals surface area (Å²) in [7, 11) is 2.05. The molecule has 0 spiro atoms. The molecule has 3 fully saturated rings. The largest absolute Gasteiger partial charge is 0.481 e. The first kappa shape index (κ1) is 17.0. The Morgan fingerprint density at radius 1 is 1.24 bits per heavy atom. The van der Waals surface area contributed by atoms with E-state index in [1.807, 2.05) is 6.92 Å². The average Bonchev–Trinajstić information content (AvgIpc) is 3.29. The van der Waals surface area contributed by atoms with Gasteiger partial charge in [-0.15, -0.1) is 0 Å². The lowest BCUT2D eigenvalue weighted by Gasteiger charge is -2.28. The summed E-state index contributed by atoms with van der Waals surface area (Å²) in [5, 5.41) is 10.0. The van der Waals surface area contributed by atoms with Crippen molar-refractivity contribution in [1.29, 1.82) is 0 Å². The van der Waals surface area contributed by atoms with Crippen LogP contribution in [0.15, 0.2) is 0 Å². The number of imidazole rings is 1. The molecule has 6 heteroatoms. The van der Waals surface area contributed by atoms with Crippen LogP contribution in [-0.2, 0) is 18.4 Å². The molecule has 1 aromatic rings. The van der Waals surface area contributed by atoms with Gasteiger partial charge in [-0.25, -0.2) is 4.98 Å². The molecule has 3 heterocycles. The lowest BCUT2D eigenvalue weighted by Crippen LogP contribution is -2.42. The summed E-state index contributed by atoms with van der Waals surface area (Å²) >= 11 is 0. The van der Waals surface area contributed by atoms with E-state index >= 15 is 0 Å². The number of aromatic nitrogens is 2. The van der Waals surface area contributed by atoms with Crippen LogP contribution in [0.5, 0.6) is 0 Å². The van der Waals surface area contributed by atoms with Gasteiger partial charge in [-0.2, -0.15) is 0 Å². The normalized spacial score (nSPS) is 31.1. The van der Waals surface area contributed by atoms with Crippen molar-refractivity contribution < 1.29 is 9.90 Å². The first-order chi connectivity index (χ1) is 11.9. The fourth-order valence-electron chi connectivity index (χ4n) is 5.31. The monoisotopic (exact) mass is 346 g/mol. The maximum atomic E-state index is 12.2. The molecule has 0 aromatic carbocycles. The van der Waals surface area contributed by atoms with E-state index in [-0.39, 0.29) is 5.92 Å². The zero-order valence-corrected chi connectivity index (χ0v) is 15.7. The van der Waals surface area contributed by atoms with E-state index < -0.39 is 11.4 Å². The van der Waals surface area contributed by atoms with E-state index in [9.17, 15) is 9.90 Å². The van der Waals surface area contributed by atoms with Gasteiger partial charge in [0.25, 0.3) is 0 Å². The molecule has 0 bridgehead atoms.